The van der Waals surface area contributed by atoms with Gasteiger partial charge in [-0.05, 0) is 26.0 Å². The largest absolute Gasteiger partial charge is 0.494 e. The van der Waals surface area contributed by atoms with Crippen LogP contribution in [0.4, 0.5) is 5.69 Å². The lowest BCUT2D eigenvalue weighted by Crippen LogP contribution is -2.13. The van der Waals surface area contributed by atoms with Crippen molar-refractivity contribution in [2.24, 2.45) is 0 Å². The molecule has 0 aliphatic rings. The average Bonchev–Trinajstić information content (AvgIpc) is 2.28. The first-order valence-electron chi connectivity index (χ1n) is 5.20. The molecule has 1 aromatic carbocycles. The molecule has 90 valence electrons. The number of nitrogen functional groups attached to an aromatic ring is 1. The van der Waals surface area contributed by atoms with E-state index in [0.717, 1.165) is 0 Å². The summed E-state index contributed by atoms with van der Waals surface area (Å²) in [4.78, 5) is 11.6. The molecule has 1 rings (SSSR count). The Morgan fingerprint density at radius 3 is 2.82 bits per heavy atom. The molecule has 1 atom stereocenters. The zero-order valence-electron chi connectivity index (χ0n) is 9.77. The van der Waals surface area contributed by atoms with Crippen molar-refractivity contribution in [3.05, 3.63) is 23.8 Å². The van der Waals surface area contributed by atoms with Gasteiger partial charge in [-0.1, -0.05) is 0 Å². The normalized spacial score (nSPS) is 11.4. The highest BCUT2D eigenvalue weighted by molar-refractivity contribution is 5.91. The summed E-state index contributed by atoms with van der Waals surface area (Å²) in [5.41, 5.74) is 6.32. The van der Waals surface area contributed by atoms with E-state index in [4.69, 9.17) is 20.5 Å². The van der Waals surface area contributed by atoms with Crippen LogP contribution in [0, 0.1) is 11.3 Å². The monoisotopic (exact) mass is 234 g/mol. The SMILES string of the molecule is CCOc1cc(N)cc(C(=O)OC(C)C#N)c1. The number of hydrogen-bond donors (Lipinski definition) is 1. The van der Waals surface area contributed by atoms with Gasteiger partial charge in [0.15, 0.2) is 6.10 Å². The molecule has 1 aromatic rings. The van der Waals surface area contributed by atoms with Crippen LogP contribution >= 0.6 is 0 Å². The average molecular weight is 234 g/mol. The molecule has 0 amide bonds. The number of ether oxygens (including phenoxy) is 2. The highest BCUT2D eigenvalue weighted by atomic mass is 16.5. The predicted molar refractivity (Wildman–Crippen MR) is 62.5 cm³/mol. The van der Waals surface area contributed by atoms with E-state index < -0.39 is 12.1 Å². The van der Waals surface area contributed by atoms with Crippen LogP contribution in [0.25, 0.3) is 0 Å². The van der Waals surface area contributed by atoms with E-state index in [1.807, 2.05) is 13.0 Å². The Kier molecular flexibility index (Phi) is 4.35. The number of benzene rings is 1. The van der Waals surface area contributed by atoms with Crippen molar-refractivity contribution >= 4 is 11.7 Å². The summed E-state index contributed by atoms with van der Waals surface area (Å²) in [7, 11) is 0. The molecule has 0 radical (unpaired) electrons. The van der Waals surface area contributed by atoms with Gasteiger partial charge >= 0.3 is 5.97 Å². The number of carbonyl (C=O) groups excluding carboxylic acids is 1. The van der Waals surface area contributed by atoms with Crippen LogP contribution in [-0.4, -0.2) is 18.7 Å². The molecule has 0 bridgehead atoms. The van der Waals surface area contributed by atoms with Crippen molar-refractivity contribution in [3.63, 3.8) is 0 Å². The lowest BCUT2D eigenvalue weighted by atomic mass is 10.2. The number of nitrogens with two attached hydrogens (primary N) is 1. The van der Waals surface area contributed by atoms with Gasteiger partial charge in [0.2, 0.25) is 0 Å². The molecule has 5 heteroatoms. The van der Waals surface area contributed by atoms with Gasteiger partial charge in [-0.3, -0.25) is 0 Å². The summed E-state index contributed by atoms with van der Waals surface area (Å²) in [6, 6.07) is 6.45. The van der Waals surface area contributed by atoms with Gasteiger partial charge in [0, 0.05) is 11.8 Å². The number of hydrogen-bond acceptors (Lipinski definition) is 5. The van der Waals surface area contributed by atoms with Crippen molar-refractivity contribution in [2.45, 2.75) is 20.0 Å². The van der Waals surface area contributed by atoms with Gasteiger partial charge in [-0.2, -0.15) is 5.26 Å². The Hall–Kier alpha value is -2.22. The summed E-state index contributed by atoms with van der Waals surface area (Å²) < 4.78 is 10.1. The molecule has 2 N–H and O–H groups in total. The minimum atomic E-state index is -0.792. The quantitative estimate of drug-likeness (QED) is 0.633. The second-order valence-electron chi connectivity index (χ2n) is 3.40. The second-order valence-corrected chi connectivity index (χ2v) is 3.40. The van der Waals surface area contributed by atoms with Crippen molar-refractivity contribution in [1.82, 2.24) is 0 Å². The maximum absolute atomic E-state index is 11.6. The summed E-state index contributed by atoms with van der Waals surface area (Å²) in [6.45, 7) is 3.80. The molecule has 0 aliphatic heterocycles. The fourth-order valence-electron chi connectivity index (χ4n) is 1.24. The predicted octanol–water partition coefficient (Wildman–Crippen LogP) is 1.74. The number of esters is 1. The Bertz CT molecular complexity index is 452. The summed E-state index contributed by atoms with van der Waals surface area (Å²) >= 11 is 0. The summed E-state index contributed by atoms with van der Waals surface area (Å²) in [5.74, 6) is -0.0867. The van der Waals surface area contributed by atoms with Crippen LogP contribution in [-0.2, 0) is 4.74 Å². The Balaban J connectivity index is 2.90. The van der Waals surface area contributed by atoms with Crippen molar-refractivity contribution in [1.29, 1.82) is 5.26 Å². The number of carbonyl (C=O) groups is 1. The third-order valence-corrected chi connectivity index (χ3v) is 1.94. The molecule has 0 heterocycles. The van der Waals surface area contributed by atoms with E-state index in [1.54, 1.807) is 6.07 Å². The van der Waals surface area contributed by atoms with Gasteiger partial charge in [-0.15, -0.1) is 0 Å². The van der Waals surface area contributed by atoms with E-state index in [2.05, 4.69) is 0 Å². The number of anilines is 1. The van der Waals surface area contributed by atoms with E-state index >= 15 is 0 Å². The zero-order chi connectivity index (χ0) is 12.8. The number of nitrogens with zero attached hydrogens (tertiary/aromatic N) is 1. The van der Waals surface area contributed by atoms with E-state index in [1.165, 1.54) is 19.1 Å². The van der Waals surface area contributed by atoms with Gasteiger partial charge in [0.1, 0.15) is 11.8 Å². The van der Waals surface area contributed by atoms with Crippen LogP contribution in [0.15, 0.2) is 18.2 Å². The Morgan fingerprint density at radius 2 is 2.24 bits per heavy atom. The van der Waals surface area contributed by atoms with Crippen LogP contribution in [0.2, 0.25) is 0 Å². The maximum Gasteiger partial charge on any atom is 0.339 e. The first kappa shape index (κ1) is 12.8. The third kappa shape index (κ3) is 3.68. The zero-order valence-corrected chi connectivity index (χ0v) is 9.77. The van der Waals surface area contributed by atoms with Crippen molar-refractivity contribution < 1.29 is 14.3 Å². The summed E-state index contributed by atoms with van der Waals surface area (Å²) in [5, 5.41) is 8.55. The second kappa shape index (κ2) is 5.75. The number of nitriles is 1. The lowest BCUT2D eigenvalue weighted by molar-refractivity contribution is 0.0435. The van der Waals surface area contributed by atoms with Crippen LogP contribution in [0.3, 0.4) is 0 Å². The molecule has 0 saturated heterocycles. The minimum absolute atomic E-state index is 0.274. The van der Waals surface area contributed by atoms with Gasteiger partial charge in [-0.25, -0.2) is 4.79 Å². The van der Waals surface area contributed by atoms with E-state index in [9.17, 15) is 4.79 Å². The molecule has 0 fully saturated rings. The smallest absolute Gasteiger partial charge is 0.339 e. The minimum Gasteiger partial charge on any atom is -0.494 e. The molecule has 5 nitrogen and oxygen atoms in total. The van der Waals surface area contributed by atoms with Gasteiger partial charge < -0.3 is 15.2 Å². The fraction of sp³-hybridized carbons (Fsp3) is 0.333. The van der Waals surface area contributed by atoms with Gasteiger partial charge in [0.05, 0.1) is 12.2 Å². The first-order chi connectivity index (χ1) is 8.06. The maximum atomic E-state index is 11.6. The van der Waals surface area contributed by atoms with Crippen molar-refractivity contribution in [2.75, 3.05) is 12.3 Å². The third-order valence-electron chi connectivity index (χ3n) is 1.94. The molecule has 0 spiro atoms. The fourth-order valence-corrected chi connectivity index (χ4v) is 1.24. The van der Waals surface area contributed by atoms with Gasteiger partial charge in [0.25, 0.3) is 0 Å². The molecule has 0 saturated carbocycles. The van der Waals surface area contributed by atoms with Crippen molar-refractivity contribution in [3.8, 4) is 11.8 Å². The standard InChI is InChI=1S/C12H14N2O3/c1-3-16-11-5-9(4-10(14)6-11)12(15)17-8(2)7-13/h4-6,8H,3,14H2,1-2H3. The Labute approximate surface area is 99.7 Å². The van der Waals surface area contributed by atoms with Crippen LogP contribution < -0.4 is 10.5 Å². The molecule has 0 aliphatic carbocycles. The van der Waals surface area contributed by atoms with Crippen LogP contribution in [0.1, 0.15) is 24.2 Å². The lowest BCUT2D eigenvalue weighted by Gasteiger charge is -2.09. The molecule has 17 heavy (non-hydrogen) atoms. The highest BCUT2D eigenvalue weighted by Crippen LogP contribution is 2.19. The highest BCUT2D eigenvalue weighted by Gasteiger charge is 2.13. The number of rotatable bonds is 4. The van der Waals surface area contributed by atoms with E-state index in [-0.39, 0.29) is 5.56 Å². The Morgan fingerprint density at radius 1 is 1.53 bits per heavy atom. The molecular weight excluding hydrogens is 220 g/mol. The van der Waals surface area contributed by atoms with Crippen LogP contribution in [0.5, 0.6) is 5.75 Å². The first-order valence-corrected chi connectivity index (χ1v) is 5.20. The molecular formula is C12H14N2O3. The van der Waals surface area contributed by atoms with E-state index in [0.29, 0.717) is 18.0 Å². The molecule has 1 unspecified atom stereocenters. The summed E-state index contributed by atoms with van der Waals surface area (Å²) in [6.07, 6.45) is -0.792. The molecule has 0 aromatic heterocycles. The topological polar surface area (TPSA) is 85.3 Å².